The number of halogens is 3. The zero-order valence-electron chi connectivity index (χ0n) is 11.2. The number of thioether (sulfide) groups is 1. The quantitative estimate of drug-likeness (QED) is 0.725. The van der Waals surface area contributed by atoms with Crippen LogP contribution in [0.2, 0.25) is 15.1 Å². The van der Waals surface area contributed by atoms with E-state index in [4.69, 9.17) is 34.8 Å². The highest BCUT2D eigenvalue weighted by Gasteiger charge is 2.20. The Morgan fingerprint density at radius 2 is 1.81 bits per heavy atom. The van der Waals surface area contributed by atoms with Gasteiger partial charge in [0.15, 0.2) is 0 Å². The summed E-state index contributed by atoms with van der Waals surface area (Å²) in [4.78, 5) is 1.31. The van der Waals surface area contributed by atoms with Crippen molar-refractivity contribution in [2.75, 3.05) is 5.75 Å². The van der Waals surface area contributed by atoms with Crippen LogP contribution in [0, 0.1) is 0 Å². The summed E-state index contributed by atoms with van der Waals surface area (Å²) in [5.74, 6) is 1.11. The highest BCUT2D eigenvalue weighted by atomic mass is 35.5. The first-order valence-electron chi connectivity index (χ1n) is 6.73. The maximum Gasteiger partial charge on any atom is 0.0451 e. The van der Waals surface area contributed by atoms with Gasteiger partial charge in [-0.2, -0.15) is 0 Å². The van der Waals surface area contributed by atoms with Gasteiger partial charge in [0.25, 0.3) is 0 Å². The molecule has 0 saturated carbocycles. The molecule has 1 aliphatic heterocycles. The van der Waals surface area contributed by atoms with Gasteiger partial charge in [-0.3, -0.25) is 0 Å². The lowest BCUT2D eigenvalue weighted by Crippen LogP contribution is -2.24. The van der Waals surface area contributed by atoms with Crippen LogP contribution >= 0.6 is 46.6 Å². The summed E-state index contributed by atoms with van der Waals surface area (Å²) in [5.41, 5.74) is 2.29. The summed E-state index contributed by atoms with van der Waals surface area (Å²) in [6, 6.07) is 12.0. The molecule has 0 radical (unpaired) electrons. The molecule has 0 aliphatic carbocycles. The number of benzene rings is 2. The number of rotatable bonds is 3. The van der Waals surface area contributed by atoms with E-state index in [9.17, 15) is 0 Å². The smallest absolute Gasteiger partial charge is 0.0451 e. The van der Waals surface area contributed by atoms with Gasteiger partial charge in [-0.05, 0) is 59.7 Å². The lowest BCUT2D eigenvalue weighted by molar-refractivity contribution is 0.510. The van der Waals surface area contributed by atoms with Crippen molar-refractivity contribution in [1.82, 2.24) is 5.32 Å². The first-order valence-corrected chi connectivity index (χ1v) is 8.85. The molecule has 5 heteroatoms. The van der Waals surface area contributed by atoms with Crippen LogP contribution in [0.4, 0.5) is 0 Å². The molecule has 2 aromatic rings. The minimum Gasteiger partial charge on any atom is -0.306 e. The van der Waals surface area contributed by atoms with Gasteiger partial charge in [-0.15, -0.1) is 11.8 Å². The predicted molar refractivity (Wildman–Crippen MR) is 92.8 cm³/mol. The van der Waals surface area contributed by atoms with Crippen LogP contribution in [0.5, 0.6) is 0 Å². The Bertz CT molecular complexity index is 660. The lowest BCUT2D eigenvalue weighted by atomic mass is 10.0. The molecule has 0 bridgehead atoms. The molecular weight excluding hydrogens is 345 g/mol. The summed E-state index contributed by atoms with van der Waals surface area (Å²) in [6.07, 6.45) is 1.08. The Morgan fingerprint density at radius 3 is 2.67 bits per heavy atom. The van der Waals surface area contributed by atoms with E-state index < -0.39 is 0 Å². The molecule has 3 rings (SSSR count). The second-order valence-corrected chi connectivity index (χ2v) is 7.41. The Kier molecular flexibility index (Phi) is 5.03. The summed E-state index contributed by atoms with van der Waals surface area (Å²) in [5, 5.41) is 5.80. The van der Waals surface area contributed by atoms with E-state index in [0.29, 0.717) is 17.6 Å². The monoisotopic (exact) mass is 357 g/mol. The van der Waals surface area contributed by atoms with Gasteiger partial charge in [0.1, 0.15) is 0 Å². The fourth-order valence-electron chi connectivity index (χ4n) is 2.49. The maximum atomic E-state index is 6.22. The van der Waals surface area contributed by atoms with Gasteiger partial charge in [-0.25, -0.2) is 0 Å². The van der Waals surface area contributed by atoms with Crippen LogP contribution in [0.1, 0.15) is 23.6 Å². The third-order valence-corrected chi connectivity index (χ3v) is 5.52. The number of nitrogens with one attached hydrogen (secondary N) is 1. The minimum absolute atomic E-state index is 0.301. The zero-order valence-corrected chi connectivity index (χ0v) is 14.3. The van der Waals surface area contributed by atoms with Crippen molar-refractivity contribution in [1.29, 1.82) is 0 Å². The Hall–Kier alpha value is -0.380. The van der Waals surface area contributed by atoms with Crippen LogP contribution in [-0.4, -0.2) is 5.75 Å². The molecule has 2 aromatic carbocycles. The van der Waals surface area contributed by atoms with Gasteiger partial charge >= 0.3 is 0 Å². The molecule has 0 spiro atoms. The molecular formula is C16H14Cl3NS. The van der Waals surface area contributed by atoms with Gasteiger partial charge in [0.05, 0.1) is 0 Å². The first kappa shape index (κ1) is 15.5. The lowest BCUT2D eigenvalue weighted by Gasteiger charge is -2.26. The minimum atomic E-state index is 0.301. The second-order valence-electron chi connectivity index (χ2n) is 4.99. The molecule has 1 atom stereocenters. The van der Waals surface area contributed by atoms with Gasteiger partial charge in [0.2, 0.25) is 0 Å². The molecule has 0 aromatic heterocycles. The Labute approximate surface area is 144 Å². The van der Waals surface area contributed by atoms with E-state index in [0.717, 1.165) is 27.8 Å². The summed E-state index contributed by atoms with van der Waals surface area (Å²) in [7, 11) is 0. The SMILES string of the molecule is Clc1ccc(Cl)c(CNC2CCSc3ccc(Cl)cc32)c1. The number of hydrogen-bond donors (Lipinski definition) is 1. The van der Waals surface area contributed by atoms with Crippen molar-refractivity contribution in [3.63, 3.8) is 0 Å². The van der Waals surface area contributed by atoms with E-state index >= 15 is 0 Å². The third-order valence-electron chi connectivity index (χ3n) is 3.56. The highest BCUT2D eigenvalue weighted by Crippen LogP contribution is 2.37. The molecule has 1 unspecified atom stereocenters. The highest BCUT2D eigenvalue weighted by molar-refractivity contribution is 7.99. The summed E-state index contributed by atoms with van der Waals surface area (Å²) in [6.45, 7) is 0.695. The van der Waals surface area contributed by atoms with E-state index in [1.807, 2.05) is 30.0 Å². The van der Waals surface area contributed by atoms with Crippen molar-refractivity contribution >= 4 is 46.6 Å². The van der Waals surface area contributed by atoms with E-state index in [2.05, 4.69) is 17.4 Å². The van der Waals surface area contributed by atoms with Gasteiger partial charge in [0, 0.05) is 32.5 Å². The van der Waals surface area contributed by atoms with Crippen LogP contribution in [-0.2, 0) is 6.54 Å². The van der Waals surface area contributed by atoms with Crippen LogP contribution in [0.25, 0.3) is 0 Å². The van der Waals surface area contributed by atoms with Crippen molar-refractivity contribution in [3.05, 3.63) is 62.6 Å². The molecule has 21 heavy (non-hydrogen) atoms. The fourth-order valence-corrected chi connectivity index (χ4v) is 4.15. The van der Waals surface area contributed by atoms with Crippen molar-refractivity contribution in [2.24, 2.45) is 0 Å². The van der Waals surface area contributed by atoms with Gasteiger partial charge < -0.3 is 5.32 Å². The predicted octanol–water partition coefficient (Wildman–Crippen LogP) is 5.97. The van der Waals surface area contributed by atoms with Crippen LogP contribution in [0.15, 0.2) is 41.3 Å². The molecule has 1 N–H and O–H groups in total. The van der Waals surface area contributed by atoms with E-state index in [-0.39, 0.29) is 0 Å². The summed E-state index contributed by atoms with van der Waals surface area (Å²) >= 11 is 20.3. The second kappa shape index (κ2) is 6.80. The average Bonchev–Trinajstić information content (AvgIpc) is 2.48. The van der Waals surface area contributed by atoms with Crippen LogP contribution in [0.3, 0.4) is 0 Å². The Balaban J connectivity index is 1.78. The standard InChI is InChI=1S/C16H14Cl3NS/c17-11-1-3-14(19)10(7-11)9-20-15-5-6-21-16-4-2-12(18)8-13(15)16/h1-4,7-8,15,20H,5-6,9H2. The fraction of sp³-hybridized carbons (Fsp3) is 0.250. The van der Waals surface area contributed by atoms with Gasteiger partial charge in [-0.1, -0.05) is 34.8 Å². The molecule has 0 fully saturated rings. The first-order chi connectivity index (χ1) is 10.1. The molecule has 0 amide bonds. The largest absolute Gasteiger partial charge is 0.306 e. The van der Waals surface area contributed by atoms with Crippen molar-refractivity contribution in [2.45, 2.75) is 23.9 Å². The average molecular weight is 359 g/mol. The van der Waals surface area contributed by atoms with Crippen molar-refractivity contribution in [3.8, 4) is 0 Å². The molecule has 0 saturated heterocycles. The van der Waals surface area contributed by atoms with Crippen LogP contribution < -0.4 is 5.32 Å². The molecule has 1 nitrogen and oxygen atoms in total. The molecule has 110 valence electrons. The third kappa shape index (κ3) is 3.69. The normalized spacial score (nSPS) is 17.6. The Morgan fingerprint density at radius 1 is 1.05 bits per heavy atom. The molecule has 1 aliphatic rings. The van der Waals surface area contributed by atoms with E-state index in [1.54, 1.807) is 6.07 Å². The van der Waals surface area contributed by atoms with E-state index in [1.165, 1.54) is 10.5 Å². The number of hydrogen-bond acceptors (Lipinski definition) is 2. The number of fused-ring (bicyclic) bond motifs is 1. The zero-order chi connectivity index (χ0) is 14.8. The maximum absolute atomic E-state index is 6.22. The molecule has 1 heterocycles. The van der Waals surface area contributed by atoms with Crippen molar-refractivity contribution < 1.29 is 0 Å². The summed E-state index contributed by atoms with van der Waals surface area (Å²) < 4.78 is 0. The topological polar surface area (TPSA) is 12.0 Å².